The van der Waals surface area contributed by atoms with E-state index in [0.29, 0.717) is 17.9 Å². The van der Waals surface area contributed by atoms with Crippen LogP contribution in [0.4, 0.5) is 0 Å². The molecule has 2 aliphatic rings. The predicted molar refractivity (Wildman–Crippen MR) is 84.4 cm³/mol. The predicted octanol–water partition coefficient (Wildman–Crippen LogP) is 3.96. The summed E-state index contributed by atoms with van der Waals surface area (Å²) in [7, 11) is 0. The van der Waals surface area contributed by atoms with E-state index in [9.17, 15) is 10.1 Å². The van der Waals surface area contributed by atoms with Crippen molar-refractivity contribution in [2.24, 2.45) is 17.8 Å². The van der Waals surface area contributed by atoms with Gasteiger partial charge in [0.05, 0.1) is 6.07 Å². The van der Waals surface area contributed by atoms with Gasteiger partial charge in [0.25, 0.3) is 0 Å². The zero-order valence-corrected chi connectivity index (χ0v) is 13.4. The third kappa shape index (κ3) is 4.88. The Morgan fingerprint density at radius 1 is 1.10 bits per heavy atom. The molecule has 0 spiro atoms. The summed E-state index contributed by atoms with van der Waals surface area (Å²) in [5.74, 6) is 1.93. The molecular weight excluding hydrogens is 260 g/mol. The van der Waals surface area contributed by atoms with Gasteiger partial charge < -0.3 is 5.32 Å². The Kier molecular flexibility index (Phi) is 5.85. The molecule has 3 heteroatoms. The van der Waals surface area contributed by atoms with Crippen LogP contribution in [0, 0.1) is 29.1 Å². The summed E-state index contributed by atoms with van der Waals surface area (Å²) in [5, 5.41) is 12.5. The van der Waals surface area contributed by atoms with Crippen LogP contribution in [-0.2, 0) is 4.79 Å². The first-order valence-electron chi connectivity index (χ1n) is 8.47. The summed E-state index contributed by atoms with van der Waals surface area (Å²) in [6.45, 7) is 3.90. The minimum atomic E-state index is 0.0723. The summed E-state index contributed by atoms with van der Waals surface area (Å²) in [6.07, 6.45) is 11.4. The number of hydrogen-bond acceptors (Lipinski definition) is 2. The lowest BCUT2D eigenvalue weighted by Crippen LogP contribution is -2.36. The smallest absolute Gasteiger partial charge is 0.217 e. The van der Waals surface area contributed by atoms with Crippen LogP contribution < -0.4 is 5.32 Å². The second kappa shape index (κ2) is 7.64. The Bertz CT molecular complexity index is 419. The third-order valence-electron chi connectivity index (χ3n) is 5.18. The minimum absolute atomic E-state index is 0.0723. The quantitative estimate of drug-likeness (QED) is 0.799. The average molecular weight is 288 g/mol. The maximum atomic E-state index is 11.1. The van der Waals surface area contributed by atoms with Crippen molar-refractivity contribution in [3.8, 4) is 6.07 Å². The Labute approximate surface area is 128 Å². The van der Waals surface area contributed by atoms with Gasteiger partial charge in [-0.25, -0.2) is 0 Å². The van der Waals surface area contributed by atoms with Crippen LogP contribution >= 0.6 is 0 Å². The Balaban J connectivity index is 1.87. The molecule has 0 bridgehead atoms. The molecule has 1 amide bonds. The van der Waals surface area contributed by atoms with Crippen LogP contribution in [0.5, 0.6) is 0 Å². The van der Waals surface area contributed by atoms with Crippen molar-refractivity contribution in [3.05, 3.63) is 11.6 Å². The lowest BCUT2D eigenvalue weighted by atomic mass is 9.77. The lowest BCUT2D eigenvalue weighted by Gasteiger charge is -2.29. The number of allylic oxidation sites excluding steroid dienone is 2. The van der Waals surface area contributed by atoms with Gasteiger partial charge in [-0.05, 0) is 56.3 Å². The summed E-state index contributed by atoms with van der Waals surface area (Å²) < 4.78 is 0. The van der Waals surface area contributed by atoms with Gasteiger partial charge in [0.2, 0.25) is 5.91 Å². The van der Waals surface area contributed by atoms with Crippen molar-refractivity contribution < 1.29 is 4.79 Å². The number of carbonyl (C=O) groups excluding carboxylic acids is 1. The van der Waals surface area contributed by atoms with Crippen LogP contribution in [0.15, 0.2) is 11.6 Å². The third-order valence-corrected chi connectivity index (χ3v) is 5.18. The van der Waals surface area contributed by atoms with Crippen molar-refractivity contribution in [2.75, 3.05) is 0 Å². The zero-order chi connectivity index (χ0) is 15.2. The average Bonchev–Trinajstić information content (AvgIpc) is 2.47. The number of rotatable bonds is 3. The Hall–Kier alpha value is -1.30. The molecule has 0 aliphatic heterocycles. The van der Waals surface area contributed by atoms with Crippen LogP contribution in [0.25, 0.3) is 0 Å². The topological polar surface area (TPSA) is 52.9 Å². The number of nitriles is 1. The van der Waals surface area contributed by atoms with Crippen molar-refractivity contribution in [1.29, 1.82) is 5.26 Å². The van der Waals surface area contributed by atoms with E-state index in [-0.39, 0.29) is 5.91 Å². The van der Waals surface area contributed by atoms with Gasteiger partial charge in [0.1, 0.15) is 0 Å². The molecule has 3 nitrogen and oxygen atoms in total. The summed E-state index contributed by atoms with van der Waals surface area (Å²) in [5.41, 5.74) is 1.03. The number of nitrogens with zero attached hydrogens (tertiary/aromatic N) is 1. The molecule has 116 valence electrons. The van der Waals surface area contributed by atoms with Gasteiger partial charge >= 0.3 is 0 Å². The van der Waals surface area contributed by atoms with E-state index in [0.717, 1.165) is 37.2 Å². The first kappa shape index (κ1) is 16.1. The van der Waals surface area contributed by atoms with E-state index in [1.165, 1.54) is 25.7 Å². The van der Waals surface area contributed by atoms with Crippen molar-refractivity contribution in [1.82, 2.24) is 5.32 Å². The molecule has 2 fully saturated rings. The van der Waals surface area contributed by atoms with Crippen molar-refractivity contribution >= 4 is 5.91 Å². The fourth-order valence-corrected chi connectivity index (χ4v) is 3.81. The second-order valence-electron chi connectivity index (χ2n) is 7.00. The van der Waals surface area contributed by atoms with E-state index in [1.807, 2.05) is 0 Å². The van der Waals surface area contributed by atoms with Crippen LogP contribution in [0.3, 0.4) is 0 Å². The zero-order valence-electron chi connectivity index (χ0n) is 13.4. The fraction of sp³-hybridized carbons (Fsp3) is 0.778. The molecule has 1 N–H and O–H groups in total. The molecule has 0 saturated heterocycles. The lowest BCUT2D eigenvalue weighted by molar-refractivity contribution is -0.119. The molecule has 0 aromatic heterocycles. The highest BCUT2D eigenvalue weighted by Gasteiger charge is 2.24. The maximum Gasteiger partial charge on any atom is 0.217 e. The highest BCUT2D eigenvalue weighted by atomic mass is 16.1. The van der Waals surface area contributed by atoms with E-state index < -0.39 is 0 Å². The Morgan fingerprint density at radius 3 is 2.24 bits per heavy atom. The van der Waals surface area contributed by atoms with Crippen molar-refractivity contribution in [2.45, 2.75) is 71.3 Å². The van der Waals surface area contributed by atoms with Gasteiger partial charge in [-0.2, -0.15) is 5.26 Å². The maximum absolute atomic E-state index is 11.1. The monoisotopic (exact) mass is 288 g/mol. The highest BCUT2D eigenvalue weighted by Crippen LogP contribution is 2.35. The molecule has 0 aromatic rings. The summed E-state index contributed by atoms with van der Waals surface area (Å²) >= 11 is 0. The van der Waals surface area contributed by atoms with Gasteiger partial charge in [0, 0.05) is 18.5 Å². The molecular formula is C18H28N2O. The van der Waals surface area contributed by atoms with E-state index in [2.05, 4.69) is 24.4 Å². The number of amides is 1. The molecule has 2 saturated carbocycles. The van der Waals surface area contributed by atoms with Crippen LogP contribution in [0.2, 0.25) is 0 Å². The molecule has 0 aromatic carbocycles. The number of hydrogen-bond donors (Lipinski definition) is 1. The first-order chi connectivity index (χ1) is 10.1. The molecule has 21 heavy (non-hydrogen) atoms. The molecule has 0 unspecified atom stereocenters. The van der Waals surface area contributed by atoms with E-state index >= 15 is 0 Å². The molecule has 0 atom stereocenters. The normalized spacial score (nSPS) is 34.0. The molecule has 2 aliphatic carbocycles. The molecule has 0 heterocycles. The largest absolute Gasteiger partial charge is 0.354 e. The van der Waals surface area contributed by atoms with Crippen LogP contribution in [0.1, 0.15) is 65.2 Å². The van der Waals surface area contributed by atoms with Gasteiger partial charge in [-0.1, -0.05) is 25.8 Å². The Morgan fingerprint density at radius 2 is 1.71 bits per heavy atom. The SMILES string of the molecule is CC(=O)NC1CCC(/C=C(\C#N)C2CCC(C)CC2)CC1. The minimum Gasteiger partial charge on any atom is -0.354 e. The van der Waals surface area contributed by atoms with Gasteiger partial charge in [-0.15, -0.1) is 0 Å². The molecule has 2 rings (SSSR count). The highest BCUT2D eigenvalue weighted by molar-refractivity contribution is 5.73. The van der Waals surface area contributed by atoms with E-state index in [1.54, 1.807) is 6.92 Å². The standard InChI is InChI=1S/C18H28N2O/c1-13-3-7-16(8-4-13)17(12-19)11-15-5-9-18(10-6-15)20-14(2)21/h11,13,15-16,18H,3-10H2,1-2H3,(H,20,21)/b17-11+. The van der Waals surface area contributed by atoms with Gasteiger partial charge in [0.15, 0.2) is 0 Å². The van der Waals surface area contributed by atoms with E-state index in [4.69, 9.17) is 0 Å². The summed E-state index contributed by atoms with van der Waals surface area (Å²) in [6, 6.07) is 2.81. The summed E-state index contributed by atoms with van der Waals surface area (Å²) in [4.78, 5) is 11.1. The fourth-order valence-electron chi connectivity index (χ4n) is 3.81. The van der Waals surface area contributed by atoms with Crippen molar-refractivity contribution in [3.63, 3.8) is 0 Å². The van der Waals surface area contributed by atoms with Crippen LogP contribution in [-0.4, -0.2) is 11.9 Å². The second-order valence-corrected chi connectivity index (χ2v) is 7.00. The first-order valence-corrected chi connectivity index (χ1v) is 8.47. The number of nitrogens with one attached hydrogen (secondary N) is 1. The number of carbonyl (C=O) groups is 1. The molecule has 0 radical (unpaired) electrons. The van der Waals surface area contributed by atoms with Gasteiger partial charge in [-0.3, -0.25) is 4.79 Å².